The van der Waals surface area contributed by atoms with E-state index in [0.717, 1.165) is 25.9 Å². The van der Waals surface area contributed by atoms with Crippen LogP contribution in [0.2, 0.25) is 0 Å². The zero-order chi connectivity index (χ0) is 13.3. The van der Waals surface area contributed by atoms with Crippen LogP contribution in [0.3, 0.4) is 0 Å². The second kappa shape index (κ2) is 5.09. The van der Waals surface area contributed by atoms with Gasteiger partial charge in [-0.2, -0.15) is 0 Å². The molecule has 0 aliphatic heterocycles. The van der Waals surface area contributed by atoms with Gasteiger partial charge in [0.2, 0.25) is 0 Å². The Morgan fingerprint density at radius 1 is 1.35 bits per heavy atom. The normalized spacial score (nSPS) is 25.4. The summed E-state index contributed by atoms with van der Waals surface area (Å²) in [4.78, 5) is 14.6. The Balaban J connectivity index is 2.54. The van der Waals surface area contributed by atoms with E-state index in [4.69, 9.17) is 0 Å². The summed E-state index contributed by atoms with van der Waals surface area (Å²) >= 11 is 0. The molecule has 0 heterocycles. The molecule has 0 radical (unpaired) electrons. The van der Waals surface area contributed by atoms with Crippen LogP contribution in [-0.2, 0) is 4.79 Å². The number of nitrogens with zero attached hydrogens (tertiary/aromatic N) is 1. The fourth-order valence-corrected chi connectivity index (χ4v) is 3.02. The highest BCUT2D eigenvalue weighted by atomic mass is 16.1. The van der Waals surface area contributed by atoms with Crippen molar-refractivity contribution in [1.29, 1.82) is 0 Å². The Morgan fingerprint density at radius 2 is 1.94 bits per heavy atom. The van der Waals surface area contributed by atoms with Gasteiger partial charge in [-0.1, -0.05) is 41.0 Å². The first-order valence-electron chi connectivity index (χ1n) is 6.85. The van der Waals surface area contributed by atoms with Crippen LogP contribution in [0.25, 0.3) is 0 Å². The molecule has 100 valence electrons. The van der Waals surface area contributed by atoms with Crippen LogP contribution in [0.4, 0.5) is 0 Å². The monoisotopic (exact) mass is 239 g/mol. The Labute approximate surface area is 107 Å². The summed E-state index contributed by atoms with van der Waals surface area (Å²) in [6.45, 7) is 12.9. The van der Waals surface area contributed by atoms with Crippen molar-refractivity contribution in [1.82, 2.24) is 4.90 Å². The highest BCUT2D eigenvalue weighted by Gasteiger charge is 2.37. The molecule has 1 fully saturated rings. The minimum atomic E-state index is -0.0918. The molecule has 1 rings (SSSR count). The van der Waals surface area contributed by atoms with Crippen LogP contribution in [0.1, 0.15) is 53.9 Å². The standard InChI is InChI=1S/C15H29NO/c1-14(2,3)11-16(6)10-12-8-7-9-15(4,5)13(12)17/h12H,7-11H2,1-6H3. The molecular weight excluding hydrogens is 210 g/mol. The molecule has 1 atom stereocenters. The topological polar surface area (TPSA) is 20.3 Å². The Morgan fingerprint density at radius 3 is 2.47 bits per heavy atom. The Hall–Kier alpha value is -0.370. The van der Waals surface area contributed by atoms with Crippen molar-refractivity contribution in [3.8, 4) is 0 Å². The molecule has 0 spiro atoms. The second-order valence-electron chi connectivity index (χ2n) is 7.59. The van der Waals surface area contributed by atoms with Crippen molar-refractivity contribution in [3.05, 3.63) is 0 Å². The van der Waals surface area contributed by atoms with Crippen LogP contribution < -0.4 is 0 Å². The number of hydrogen-bond donors (Lipinski definition) is 0. The molecule has 1 unspecified atom stereocenters. The number of rotatable bonds is 3. The highest BCUT2D eigenvalue weighted by Crippen LogP contribution is 2.35. The van der Waals surface area contributed by atoms with E-state index < -0.39 is 0 Å². The summed E-state index contributed by atoms with van der Waals surface area (Å²) in [5.74, 6) is 0.732. The van der Waals surface area contributed by atoms with E-state index in [2.05, 4.69) is 46.6 Å². The van der Waals surface area contributed by atoms with E-state index in [1.807, 2.05) is 0 Å². The van der Waals surface area contributed by atoms with Crippen molar-refractivity contribution in [3.63, 3.8) is 0 Å². The molecule has 0 aromatic rings. The molecule has 1 aliphatic rings. The lowest BCUT2D eigenvalue weighted by Gasteiger charge is -2.36. The molecule has 2 nitrogen and oxygen atoms in total. The molecule has 0 bridgehead atoms. The van der Waals surface area contributed by atoms with Gasteiger partial charge in [0.15, 0.2) is 0 Å². The summed E-state index contributed by atoms with van der Waals surface area (Å²) < 4.78 is 0. The van der Waals surface area contributed by atoms with E-state index >= 15 is 0 Å². The number of ketones is 1. The molecule has 0 N–H and O–H groups in total. The van der Waals surface area contributed by atoms with Crippen LogP contribution in [0.15, 0.2) is 0 Å². The van der Waals surface area contributed by atoms with Crippen molar-refractivity contribution in [2.75, 3.05) is 20.1 Å². The molecule has 1 saturated carbocycles. The van der Waals surface area contributed by atoms with Gasteiger partial charge in [0.05, 0.1) is 0 Å². The second-order valence-corrected chi connectivity index (χ2v) is 7.59. The van der Waals surface area contributed by atoms with Crippen LogP contribution in [-0.4, -0.2) is 30.8 Å². The first-order chi connectivity index (χ1) is 7.62. The van der Waals surface area contributed by atoms with Gasteiger partial charge in [-0.3, -0.25) is 4.79 Å². The first kappa shape index (κ1) is 14.7. The van der Waals surface area contributed by atoms with E-state index in [9.17, 15) is 4.79 Å². The lowest BCUT2D eigenvalue weighted by molar-refractivity contribution is -0.135. The van der Waals surface area contributed by atoms with Gasteiger partial charge in [-0.25, -0.2) is 0 Å². The number of Topliss-reactive ketones (excluding diaryl/α,β-unsaturated/α-hetero) is 1. The summed E-state index contributed by atoms with van der Waals surface area (Å²) in [7, 11) is 2.14. The third-order valence-electron chi connectivity index (χ3n) is 3.67. The largest absolute Gasteiger partial charge is 0.305 e. The zero-order valence-electron chi connectivity index (χ0n) is 12.5. The predicted octanol–water partition coefficient (Wildman–Crippen LogP) is 3.36. The quantitative estimate of drug-likeness (QED) is 0.752. The molecule has 2 heteroatoms. The first-order valence-corrected chi connectivity index (χ1v) is 6.85. The predicted molar refractivity (Wildman–Crippen MR) is 73.1 cm³/mol. The van der Waals surface area contributed by atoms with Crippen LogP contribution in [0, 0.1) is 16.7 Å². The summed E-state index contributed by atoms with van der Waals surface area (Å²) in [5, 5.41) is 0. The Bertz CT molecular complexity index is 275. The third-order valence-corrected chi connectivity index (χ3v) is 3.67. The summed E-state index contributed by atoms with van der Waals surface area (Å²) in [5.41, 5.74) is 0.216. The van der Waals surface area contributed by atoms with E-state index in [-0.39, 0.29) is 11.3 Å². The maximum atomic E-state index is 12.3. The fourth-order valence-electron chi connectivity index (χ4n) is 3.02. The average molecular weight is 239 g/mol. The summed E-state index contributed by atoms with van der Waals surface area (Å²) in [6.07, 6.45) is 3.34. The minimum Gasteiger partial charge on any atom is -0.305 e. The van der Waals surface area contributed by atoms with Crippen LogP contribution in [0.5, 0.6) is 0 Å². The molecule has 0 aromatic carbocycles. The smallest absolute Gasteiger partial charge is 0.142 e. The number of carbonyl (C=O) groups excluding carboxylic acids is 1. The molecular formula is C15H29NO. The molecule has 0 aromatic heterocycles. The molecule has 17 heavy (non-hydrogen) atoms. The van der Waals surface area contributed by atoms with E-state index in [0.29, 0.717) is 11.2 Å². The lowest BCUT2D eigenvalue weighted by atomic mass is 9.71. The van der Waals surface area contributed by atoms with Crippen LogP contribution >= 0.6 is 0 Å². The maximum Gasteiger partial charge on any atom is 0.142 e. The van der Waals surface area contributed by atoms with Gasteiger partial charge in [0.25, 0.3) is 0 Å². The van der Waals surface area contributed by atoms with E-state index in [1.165, 1.54) is 6.42 Å². The van der Waals surface area contributed by atoms with Crippen molar-refractivity contribution < 1.29 is 4.79 Å². The van der Waals surface area contributed by atoms with Gasteiger partial charge in [-0.15, -0.1) is 0 Å². The van der Waals surface area contributed by atoms with Crippen molar-refractivity contribution >= 4 is 5.78 Å². The SMILES string of the molecule is CN(CC1CCCC(C)(C)C1=O)CC(C)(C)C. The highest BCUT2D eigenvalue weighted by molar-refractivity contribution is 5.87. The molecule has 1 aliphatic carbocycles. The van der Waals surface area contributed by atoms with Crippen molar-refractivity contribution in [2.24, 2.45) is 16.7 Å². The molecule has 0 saturated heterocycles. The maximum absolute atomic E-state index is 12.3. The average Bonchev–Trinajstić information content (AvgIpc) is 2.09. The van der Waals surface area contributed by atoms with E-state index in [1.54, 1.807) is 0 Å². The third kappa shape index (κ3) is 4.42. The number of carbonyl (C=O) groups is 1. The van der Waals surface area contributed by atoms with Gasteiger partial charge in [0, 0.05) is 24.4 Å². The Kier molecular flexibility index (Phi) is 4.40. The summed E-state index contributed by atoms with van der Waals surface area (Å²) in [6, 6.07) is 0. The molecule has 0 amide bonds. The zero-order valence-corrected chi connectivity index (χ0v) is 12.5. The van der Waals surface area contributed by atoms with Crippen molar-refractivity contribution in [2.45, 2.75) is 53.9 Å². The van der Waals surface area contributed by atoms with Gasteiger partial charge in [-0.05, 0) is 25.3 Å². The fraction of sp³-hybridized carbons (Fsp3) is 0.933. The van der Waals surface area contributed by atoms with Gasteiger partial charge >= 0.3 is 0 Å². The minimum absolute atomic E-state index is 0.0918. The van der Waals surface area contributed by atoms with Gasteiger partial charge < -0.3 is 4.90 Å². The lowest BCUT2D eigenvalue weighted by Crippen LogP contribution is -2.42. The number of hydrogen-bond acceptors (Lipinski definition) is 2. The van der Waals surface area contributed by atoms with Gasteiger partial charge in [0.1, 0.15) is 5.78 Å².